The summed E-state index contributed by atoms with van der Waals surface area (Å²) in [6.07, 6.45) is -0.301. The molecule has 0 heterocycles. The lowest BCUT2D eigenvalue weighted by molar-refractivity contribution is -0.126. The number of aliphatic hydroxyl groups excluding tert-OH is 1. The number of hydrogen-bond acceptors (Lipinski definition) is 3. The van der Waals surface area contributed by atoms with Crippen LogP contribution in [0.2, 0.25) is 0 Å². The third-order valence-corrected chi connectivity index (χ3v) is 4.92. The average Bonchev–Trinajstić information content (AvgIpc) is 2.65. The predicted molar refractivity (Wildman–Crippen MR) is 110 cm³/mol. The maximum absolute atomic E-state index is 13.0. The molecule has 0 aromatic heterocycles. The van der Waals surface area contributed by atoms with Crippen molar-refractivity contribution in [3.63, 3.8) is 0 Å². The van der Waals surface area contributed by atoms with E-state index >= 15 is 0 Å². The Kier molecular flexibility index (Phi) is 8.01. The molecule has 0 spiro atoms. The van der Waals surface area contributed by atoms with E-state index in [0.717, 1.165) is 12.1 Å². The van der Waals surface area contributed by atoms with Crippen LogP contribution in [0, 0.1) is 0 Å². The van der Waals surface area contributed by atoms with E-state index in [9.17, 15) is 9.90 Å². The topological polar surface area (TPSA) is 52.6 Å². The smallest absolute Gasteiger partial charge is 0.229 e. The van der Waals surface area contributed by atoms with Crippen molar-refractivity contribution >= 4 is 5.91 Å². The second kappa shape index (κ2) is 10.2. The van der Waals surface area contributed by atoms with Crippen molar-refractivity contribution < 1.29 is 9.90 Å². The number of benzene rings is 2. The SMILES string of the molecule is CC(C)N(CCC(C(=O)NC(O)c1ccccc1)c1ccccc1)C(C)C. The van der Waals surface area contributed by atoms with E-state index in [4.69, 9.17) is 0 Å². The van der Waals surface area contributed by atoms with Crippen LogP contribution in [0.4, 0.5) is 0 Å². The summed E-state index contributed by atoms with van der Waals surface area (Å²) in [7, 11) is 0. The van der Waals surface area contributed by atoms with E-state index in [1.54, 1.807) is 0 Å². The van der Waals surface area contributed by atoms with Crippen molar-refractivity contribution in [2.75, 3.05) is 6.54 Å². The molecule has 1 amide bonds. The first-order valence-corrected chi connectivity index (χ1v) is 9.74. The first-order valence-electron chi connectivity index (χ1n) is 9.74. The molecule has 27 heavy (non-hydrogen) atoms. The number of amides is 1. The van der Waals surface area contributed by atoms with Crippen LogP contribution in [-0.2, 0) is 4.79 Å². The number of rotatable bonds is 9. The molecular formula is C23H32N2O2. The number of hydrogen-bond donors (Lipinski definition) is 2. The molecule has 2 unspecified atom stereocenters. The highest BCUT2D eigenvalue weighted by molar-refractivity contribution is 5.83. The number of aliphatic hydroxyl groups is 1. The first kappa shape index (κ1) is 21.1. The molecule has 4 nitrogen and oxygen atoms in total. The van der Waals surface area contributed by atoms with Crippen LogP contribution in [0.1, 0.15) is 57.4 Å². The van der Waals surface area contributed by atoms with Crippen LogP contribution in [0.5, 0.6) is 0 Å². The van der Waals surface area contributed by atoms with Gasteiger partial charge < -0.3 is 10.4 Å². The normalized spacial score (nSPS) is 13.8. The molecular weight excluding hydrogens is 336 g/mol. The molecule has 0 bridgehead atoms. The summed E-state index contributed by atoms with van der Waals surface area (Å²) in [5.74, 6) is -0.449. The molecule has 2 aromatic carbocycles. The van der Waals surface area contributed by atoms with Crippen molar-refractivity contribution in [1.29, 1.82) is 0 Å². The summed E-state index contributed by atoms with van der Waals surface area (Å²) in [6.45, 7) is 9.53. The van der Waals surface area contributed by atoms with Crippen LogP contribution in [0.25, 0.3) is 0 Å². The largest absolute Gasteiger partial charge is 0.369 e. The second-order valence-electron chi connectivity index (χ2n) is 7.50. The maximum Gasteiger partial charge on any atom is 0.229 e. The summed E-state index contributed by atoms with van der Waals surface area (Å²) in [5, 5.41) is 13.2. The quantitative estimate of drug-likeness (QED) is 0.656. The number of carbonyl (C=O) groups is 1. The lowest BCUT2D eigenvalue weighted by atomic mass is 9.94. The van der Waals surface area contributed by atoms with Gasteiger partial charge in [0.05, 0.1) is 5.92 Å². The minimum absolute atomic E-state index is 0.148. The van der Waals surface area contributed by atoms with Gasteiger partial charge in [0.15, 0.2) is 6.23 Å². The molecule has 2 aromatic rings. The molecule has 0 saturated carbocycles. The van der Waals surface area contributed by atoms with E-state index in [-0.39, 0.29) is 11.8 Å². The van der Waals surface area contributed by atoms with Gasteiger partial charge in [0.1, 0.15) is 0 Å². The van der Waals surface area contributed by atoms with E-state index < -0.39 is 6.23 Å². The van der Waals surface area contributed by atoms with Gasteiger partial charge in [-0.3, -0.25) is 9.69 Å². The number of nitrogens with zero attached hydrogens (tertiary/aromatic N) is 1. The Morgan fingerprint density at radius 2 is 1.37 bits per heavy atom. The van der Waals surface area contributed by atoms with Crippen LogP contribution in [0.3, 0.4) is 0 Å². The monoisotopic (exact) mass is 368 g/mol. The van der Waals surface area contributed by atoms with Gasteiger partial charge in [0.2, 0.25) is 5.91 Å². The molecule has 0 aliphatic heterocycles. The van der Waals surface area contributed by atoms with Gasteiger partial charge in [-0.1, -0.05) is 60.7 Å². The third-order valence-electron chi connectivity index (χ3n) is 4.92. The van der Waals surface area contributed by atoms with Crippen molar-refractivity contribution in [2.45, 2.75) is 58.3 Å². The van der Waals surface area contributed by atoms with Crippen molar-refractivity contribution in [2.24, 2.45) is 0 Å². The van der Waals surface area contributed by atoms with Gasteiger partial charge in [0.25, 0.3) is 0 Å². The zero-order valence-corrected chi connectivity index (χ0v) is 16.8. The van der Waals surface area contributed by atoms with Crippen molar-refractivity contribution in [3.8, 4) is 0 Å². The minimum atomic E-state index is -1.00. The highest BCUT2D eigenvalue weighted by Gasteiger charge is 2.25. The summed E-state index contributed by atoms with van der Waals surface area (Å²) in [6, 6.07) is 19.8. The molecule has 0 saturated heterocycles. The summed E-state index contributed by atoms with van der Waals surface area (Å²) in [5.41, 5.74) is 1.66. The predicted octanol–water partition coefficient (Wildman–Crippen LogP) is 4.09. The average molecular weight is 369 g/mol. The second-order valence-corrected chi connectivity index (χ2v) is 7.50. The van der Waals surface area contributed by atoms with Gasteiger partial charge in [-0.05, 0) is 46.2 Å². The summed E-state index contributed by atoms with van der Waals surface area (Å²) >= 11 is 0. The first-order chi connectivity index (χ1) is 12.9. The molecule has 0 fully saturated rings. The lowest BCUT2D eigenvalue weighted by Gasteiger charge is -2.32. The van der Waals surface area contributed by atoms with Crippen LogP contribution < -0.4 is 5.32 Å². The Bertz CT molecular complexity index is 678. The Morgan fingerprint density at radius 1 is 0.889 bits per heavy atom. The molecule has 2 atom stereocenters. The fourth-order valence-corrected chi connectivity index (χ4v) is 3.48. The van der Waals surface area contributed by atoms with E-state index in [2.05, 4.69) is 37.9 Å². The van der Waals surface area contributed by atoms with Gasteiger partial charge >= 0.3 is 0 Å². The van der Waals surface area contributed by atoms with Crippen molar-refractivity contribution in [3.05, 3.63) is 71.8 Å². The van der Waals surface area contributed by atoms with E-state index in [1.165, 1.54) is 0 Å². The minimum Gasteiger partial charge on any atom is -0.369 e. The van der Waals surface area contributed by atoms with Gasteiger partial charge in [-0.25, -0.2) is 0 Å². The Labute approximate surface area is 163 Å². The Hall–Kier alpha value is -2.17. The fourth-order valence-electron chi connectivity index (χ4n) is 3.48. The molecule has 146 valence electrons. The van der Waals surface area contributed by atoms with Crippen molar-refractivity contribution in [1.82, 2.24) is 10.2 Å². The highest BCUT2D eigenvalue weighted by Crippen LogP contribution is 2.23. The zero-order chi connectivity index (χ0) is 19.8. The zero-order valence-electron chi connectivity index (χ0n) is 16.8. The Balaban J connectivity index is 2.13. The van der Waals surface area contributed by atoms with Crippen LogP contribution >= 0.6 is 0 Å². The molecule has 0 aliphatic carbocycles. The van der Waals surface area contributed by atoms with Gasteiger partial charge in [0, 0.05) is 17.6 Å². The van der Waals surface area contributed by atoms with Crippen LogP contribution in [-0.4, -0.2) is 34.5 Å². The molecule has 0 radical (unpaired) electrons. The summed E-state index contributed by atoms with van der Waals surface area (Å²) in [4.78, 5) is 15.4. The van der Waals surface area contributed by atoms with Crippen LogP contribution in [0.15, 0.2) is 60.7 Å². The van der Waals surface area contributed by atoms with Gasteiger partial charge in [-0.15, -0.1) is 0 Å². The summed E-state index contributed by atoms with van der Waals surface area (Å²) < 4.78 is 0. The standard InChI is InChI=1S/C23H32N2O2/c1-17(2)25(18(3)4)16-15-21(19-11-7-5-8-12-19)23(27)24-22(26)20-13-9-6-10-14-20/h5-14,17-18,21-22,26H,15-16H2,1-4H3,(H,24,27). The number of carbonyl (C=O) groups excluding carboxylic acids is 1. The molecule has 2 N–H and O–H groups in total. The molecule has 4 heteroatoms. The molecule has 0 aliphatic rings. The Morgan fingerprint density at radius 3 is 1.85 bits per heavy atom. The molecule has 2 rings (SSSR count). The van der Waals surface area contributed by atoms with E-state index in [1.807, 2.05) is 60.7 Å². The van der Waals surface area contributed by atoms with E-state index in [0.29, 0.717) is 24.1 Å². The van der Waals surface area contributed by atoms with Gasteiger partial charge in [-0.2, -0.15) is 0 Å². The lowest BCUT2D eigenvalue weighted by Crippen LogP contribution is -2.40. The maximum atomic E-state index is 13.0. The highest BCUT2D eigenvalue weighted by atomic mass is 16.3. The fraction of sp³-hybridized carbons (Fsp3) is 0.435. The number of nitrogens with one attached hydrogen (secondary N) is 1. The third kappa shape index (κ3) is 6.19.